The number of nitrogens with zero attached hydrogens (tertiary/aromatic N) is 1. The first kappa shape index (κ1) is 9.28. The summed E-state index contributed by atoms with van der Waals surface area (Å²) in [5.41, 5.74) is 9.63. The molecule has 74 valence electrons. The zero-order valence-corrected chi connectivity index (χ0v) is 8.75. The van der Waals surface area contributed by atoms with Gasteiger partial charge in [0.2, 0.25) is 0 Å². The lowest BCUT2D eigenvalue weighted by atomic mass is 10.0. The lowest BCUT2D eigenvalue weighted by Gasteiger charge is -2.07. The highest BCUT2D eigenvalue weighted by atomic mass is 14.9. The second-order valence-corrected chi connectivity index (χ2v) is 3.75. The van der Waals surface area contributed by atoms with E-state index in [1.165, 1.54) is 22.0 Å². The Hall–Kier alpha value is -1.28. The van der Waals surface area contributed by atoms with Gasteiger partial charge in [-0.1, -0.05) is 12.1 Å². The van der Waals surface area contributed by atoms with E-state index in [0.29, 0.717) is 0 Å². The molecule has 1 aromatic heterocycles. The van der Waals surface area contributed by atoms with Gasteiger partial charge in [-0.15, -0.1) is 0 Å². The zero-order chi connectivity index (χ0) is 10.1. The van der Waals surface area contributed by atoms with Crippen molar-refractivity contribution in [3.05, 3.63) is 35.5 Å². The van der Waals surface area contributed by atoms with E-state index in [9.17, 15) is 0 Å². The molecule has 2 aromatic rings. The average Bonchev–Trinajstić information content (AvgIpc) is 2.54. The quantitative estimate of drug-likeness (QED) is 0.767. The smallest absolute Gasteiger partial charge is 0.0510 e. The molecule has 2 heteroatoms. The van der Waals surface area contributed by atoms with E-state index in [1.807, 2.05) is 0 Å². The highest BCUT2D eigenvalue weighted by molar-refractivity contribution is 5.84. The van der Waals surface area contributed by atoms with Gasteiger partial charge in [-0.3, -0.25) is 0 Å². The summed E-state index contributed by atoms with van der Waals surface area (Å²) in [5, 5.41) is 1.31. The van der Waals surface area contributed by atoms with E-state index >= 15 is 0 Å². The lowest BCUT2D eigenvalue weighted by Crippen LogP contribution is -2.04. The highest BCUT2D eigenvalue weighted by Crippen LogP contribution is 2.22. The summed E-state index contributed by atoms with van der Waals surface area (Å²) in [6, 6.07) is 6.51. The fraction of sp³-hybridized carbons (Fsp3) is 0.333. The summed E-state index contributed by atoms with van der Waals surface area (Å²) in [6.07, 6.45) is 3.07. The summed E-state index contributed by atoms with van der Waals surface area (Å²) < 4.78 is 2.17. The summed E-state index contributed by atoms with van der Waals surface area (Å²) >= 11 is 0. The Bertz CT molecular complexity index is 455. The van der Waals surface area contributed by atoms with Crippen LogP contribution in [0.3, 0.4) is 0 Å². The molecule has 0 bridgehead atoms. The van der Waals surface area contributed by atoms with E-state index < -0.39 is 0 Å². The van der Waals surface area contributed by atoms with Gasteiger partial charge >= 0.3 is 0 Å². The lowest BCUT2D eigenvalue weighted by molar-refractivity contribution is 0.939. The molecule has 1 aromatic carbocycles. The molecule has 2 nitrogen and oxygen atoms in total. The van der Waals surface area contributed by atoms with Crippen LogP contribution in [0, 0.1) is 6.92 Å². The first-order valence-electron chi connectivity index (χ1n) is 4.97. The predicted octanol–water partition coefficient (Wildman–Crippen LogP) is 1.99. The van der Waals surface area contributed by atoms with Crippen molar-refractivity contribution in [1.82, 2.24) is 4.57 Å². The van der Waals surface area contributed by atoms with Crippen molar-refractivity contribution in [3.8, 4) is 0 Å². The van der Waals surface area contributed by atoms with Crippen LogP contribution in [-0.4, -0.2) is 11.1 Å². The van der Waals surface area contributed by atoms with Crippen molar-refractivity contribution in [2.75, 3.05) is 6.54 Å². The second kappa shape index (κ2) is 3.46. The summed E-state index contributed by atoms with van der Waals surface area (Å²) in [6.45, 7) is 2.89. The maximum atomic E-state index is 5.58. The van der Waals surface area contributed by atoms with Gasteiger partial charge in [-0.25, -0.2) is 0 Å². The number of benzene rings is 1. The third-order valence-corrected chi connectivity index (χ3v) is 2.82. The Labute approximate surface area is 84.3 Å². The largest absolute Gasteiger partial charge is 0.350 e. The molecule has 0 fully saturated rings. The third-order valence-electron chi connectivity index (χ3n) is 2.82. The van der Waals surface area contributed by atoms with Crippen molar-refractivity contribution >= 4 is 10.9 Å². The molecular formula is C12H16N2. The van der Waals surface area contributed by atoms with Gasteiger partial charge in [0.05, 0.1) is 5.52 Å². The van der Waals surface area contributed by atoms with Gasteiger partial charge in [0.1, 0.15) is 0 Å². The van der Waals surface area contributed by atoms with Gasteiger partial charge < -0.3 is 10.3 Å². The number of hydrogen-bond acceptors (Lipinski definition) is 1. The fourth-order valence-electron chi connectivity index (χ4n) is 2.06. The average molecular weight is 188 g/mol. The number of fused-ring (bicyclic) bond motifs is 1. The van der Waals surface area contributed by atoms with Crippen molar-refractivity contribution in [2.24, 2.45) is 12.8 Å². The zero-order valence-electron chi connectivity index (χ0n) is 8.75. The van der Waals surface area contributed by atoms with Crippen LogP contribution in [0.2, 0.25) is 0 Å². The molecule has 0 aliphatic rings. The fourth-order valence-corrected chi connectivity index (χ4v) is 2.06. The normalized spacial score (nSPS) is 11.1. The standard InChI is InChI=1S/C12H16N2/c1-9-10(5-7-13)3-4-11-6-8-14(2)12(9)11/h3-4,6,8H,5,7,13H2,1-2H3. The molecule has 0 unspecified atom stereocenters. The third kappa shape index (κ3) is 1.32. The van der Waals surface area contributed by atoms with E-state index in [2.05, 4.69) is 42.9 Å². The van der Waals surface area contributed by atoms with Crippen LogP contribution in [-0.2, 0) is 13.5 Å². The Morgan fingerprint density at radius 2 is 2.07 bits per heavy atom. The van der Waals surface area contributed by atoms with Crippen molar-refractivity contribution < 1.29 is 0 Å². The molecule has 0 saturated carbocycles. The number of hydrogen-bond donors (Lipinski definition) is 1. The monoisotopic (exact) mass is 188 g/mol. The topological polar surface area (TPSA) is 30.9 Å². The van der Waals surface area contributed by atoms with Gasteiger partial charge in [0.15, 0.2) is 0 Å². The molecule has 0 aliphatic heterocycles. The van der Waals surface area contributed by atoms with Crippen molar-refractivity contribution in [3.63, 3.8) is 0 Å². The Kier molecular flexibility index (Phi) is 2.30. The minimum Gasteiger partial charge on any atom is -0.350 e. The Morgan fingerprint density at radius 3 is 2.79 bits per heavy atom. The van der Waals surface area contributed by atoms with E-state index in [4.69, 9.17) is 5.73 Å². The minimum absolute atomic E-state index is 0.719. The molecule has 2 N–H and O–H groups in total. The summed E-state index contributed by atoms with van der Waals surface area (Å²) in [4.78, 5) is 0. The number of rotatable bonds is 2. The van der Waals surface area contributed by atoms with Crippen LogP contribution in [0.15, 0.2) is 24.4 Å². The maximum Gasteiger partial charge on any atom is 0.0510 e. The predicted molar refractivity (Wildman–Crippen MR) is 60.4 cm³/mol. The molecule has 0 spiro atoms. The molecule has 0 saturated heterocycles. The van der Waals surface area contributed by atoms with E-state index in [-0.39, 0.29) is 0 Å². The summed E-state index contributed by atoms with van der Waals surface area (Å²) in [7, 11) is 2.08. The molecule has 2 rings (SSSR count). The maximum absolute atomic E-state index is 5.58. The van der Waals surface area contributed by atoms with Gasteiger partial charge in [0, 0.05) is 13.2 Å². The van der Waals surface area contributed by atoms with E-state index in [1.54, 1.807) is 0 Å². The van der Waals surface area contributed by atoms with Crippen LogP contribution in [0.5, 0.6) is 0 Å². The molecular weight excluding hydrogens is 172 g/mol. The van der Waals surface area contributed by atoms with Crippen LogP contribution in [0.4, 0.5) is 0 Å². The minimum atomic E-state index is 0.719. The number of aryl methyl sites for hydroxylation is 2. The molecule has 1 heterocycles. The molecule has 0 aliphatic carbocycles. The first-order valence-corrected chi connectivity index (χ1v) is 4.97. The van der Waals surface area contributed by atoms with Crippen LogP contribution < -0.4 is 5.73 Å². The molecule has 0 radical (unpaired) electrons. The van der Waals surface area contributed by atoms with Crippen LogP contribution in [0.1, 0.15) is 11.1 Å². The van der Waals surface area contributed by atoms with Gasteiger partial charge in [-0.05, 0) is 42.5 Å². The summed E-state index contributed by atoms with van der Waals surface area (Å²) in [5.74, 6) is 0. The van der Waals surface area contributed by atoms with Crippen molar-refractivity contribution in [1.29, 1.82) is 0 Å². The SMILES string of the molecule is Cc1c(CCN)ccc2ccn(C)c12. The molecule has 14 heavy (non-hydrogen) atoms. The number of nitrogens with two attached hydrogens (primary N) is 1. The Balaban J connectivity index is 2.66. The van der Waals surface area contributed by atoms with Gasteiger partial charge in [0.25, 0.3) is 0 Å². The Morgan fingerprint density at radius 1 is 1.29 bits per heavy atom. The first-order chi connectivity index (χ1) is 6.74. The second-order valence-electron chi connectivity index (χ2n) is 3.75. The molecule has 0 amide bonds. The molecule has 0 atom stereocenters. The number of aromatic nitrogens is 1. The van der Waals surface area contributed by atoms with Crippen molar-refractivity contribution in [2.45, 2.75) is 13.3 Å². The van der Waals surface area contributed by atoms with Crippen LogP contribution in [0.25, 0.3) is 10.9 Å². The van der Waals surface area contributed by atoms with E-state index in [0.717, 1.165) is 13.0 Å². The highest BCUT2D eigenvalue weighted by Gasteiger charge is 2.05. The van der Waals surface area contributed by atoms with Crippen LogP contribution >= 0.6 is 0 Å². The van der Waals surface area contributed by atoms with Gasteiger partial charge in [-0.2, -0.15) is 0 Å².